The van der Waals surface area contributed by atoms with Gasteiger partial charge in [-0.15, -0.1) is 0 Å². The number of carbonyl (C=O) groups excluding carboxylic acids is 1. The normalized spacial score (nSPS) is 20.8. The summed E-state index contributed by atoms with van der Waals surface area (Å²) in [5.41, 5.74) is 2.73. The van der Waals surface area contributed by atoms with E-state index >= 15 is 0 Å². The summed E-state index contributed by atoms with van der Waals surface area (Å²) in [4.78, 5) is 27.2. The fourth-order valence-electron chi connectivity index (χ4n) is 3.93. The first-order valence-electron chi connectivity index (χ1n) is 8.99. The highest BCUT2D eigenvalue weighted by Crippen LogP contribution is 2.33. The van der Waals surface area contributed by atoms with Crippen LogP contribution in [-0.2, 0) is 0 Å². The van der Waals surface area contributed by atoms with Gasteiger partial charge in [-0.25, -0.2) is 9.78 Å². The quantitative estimate of drug-likeness (QED) is 0.662. The van der Waals surface area contributed by atoms with E-state index in [1.165, 1.54) is 24.5 Å². The Morgan fingerprint density at radius 2 is 2.11 bits per heavy atom. The number of urea groups is 1. The lowest BCUT2D eigenvalue weighted by atomic mass is 10.1. The zero-order valence-corrected chi connectivity index (χ0v) is 14.6. The highest BCUT2D eigenvalue weighted by atomic mass is 16.2. The number of hydrogen-bond donors (Lipinski definition) is 3. The van der Waals surface area contributed by atoms with Gasteiger partial charge in [-0.3, -0.25) is 15.3 Å². The number of amides is 2. The largest absolute Gasteiger partial charge is 0.366 e. The summed E-state index contributed by atoms with van der Waals surface area (Å²) in [5, 5.41) is 10.0. The minimum absolute atomic E-state index is 0.363. The molecule has 2 aliphatic heterocycles. The zero-order valence-electron chi connectivity index (χ0n) is 14.6. The minimum Gasteiger partial charge on any atom is -0.366 e. The van der Waals surface area contributed by atoms with Crippen LogP contribution in [0.2, 0.25) is 0 Å². The van der Waals surface area contributed by atoms with Gasteiger partial charge in [0.25, 0.3) is 0 Å². The van der Waals surface area contributed by atoms with Gasteiger partial charge in [0.1, 0.15) is 0 Å². The van der Waals surface area contributed by atoms with Crippen molar-refractivity contribution in [3.05, 3.63) is 49.1 Å². The van der Waals surface area contributed by atoms with E-state index < -0.39 is 0 Å². The topological polar surface area (TPSA) is 95.1 Å². The molecule has 0 spiro atoms. The Hall–Kier alpha value is -3.26. The van der Waals surface area contributed by atoms with E-state index in [9.17, 15) is 4.79 Å². The van der Waals surface area contributed by atoms with Gasteiger partial charge in [-0.1, -0.05) is 0 Å². The first-order valence-corrected chi connectivity index (χ1v) is 8.99. The molecule has 1 aromatic carbocycles. The maximum atomic E-state index is 12.3. The van der Waals surface area contributed by atoms with Crippen molar-refractivity contribution in [3.63, 3.8) is 0 Å². The highest BCUT2D eigenvalue weighted by Gasteiger charge is 2.37. The van der Waals surface area contributed by atoms with Crippen LogP contribution >= 0.6 is 0 Å². The van der Waals surface area contributed by atoms with E-state index in [0.717, 1.165) is 24.0 Å². The fourth-order valence-corrected chi connectivity index (χ4v) is 3.93. The highest BCUT2D eigenvalue weighted by molar-refractivity contribution is 6.05. The molecule has 3 aromatic rings. The second-order valence-electron chi connectivity index (χ2n) is 6.88. The Morgan fingerprint density at radius 3 is 2.89 bits per heavy atom. The summed E-state index contributed by atoms with van der Waals surface area (Å²) >= 11 is 0. The molecule has 0 saturated carbocycles. The molecule has 2 bridgehead atoms. The number of fused-ring (bicyclic) bond motifs is 3. The Kier molecular flexibility index (Phi) is 3.83. The number of anilines is 3. The number of benzene rings is 1. The maximum absolute atomic E-state index is 12.3. The smallest absolute Gasteiger partial charge is 0.324 e. The third kappa shape index (κ3) is 3.04. The maximum Gasteiger partial charge on any atom is 0.324 e. The first-order chi connectivity index (χ1) is 13.3. The summed E-state index contributed by atoms with van der Waals surface area (Å²) in [6, 6.07) is 8.80. The molecule has 0 aliphatic carbocycles. The van der Waals surface area contributed by atoms with Crippen LogP contribution in [0.3, 0.4) is 0 Å². The molecule has 2 aromatic heterocycles. The molecule has 2 saturated heterocycles. The minimum atomic E-state index is -0.363. The van der Waals surface area contributed by atoms with Gasteiger partial charge in [0.15, 0.2) is 5.82 Å². The number of nitrogens with zero attached hydrogens (tertiary/aromatic N) is 4. The summed E-state index contributed by atoms with van der Waals surface area (Å²) in [6.07, 6.45) is 7.47. The van der Waals surface area contributed by atoms with Crippen LogP contribution in [0.25, 0.3) is 10.9 Å². The lowest BCUT2D eigenvalue weighted by molar-refractivity contribution is 0.262. The third-order valence-electron chi connectivity index (χ3n) is 5.17. The Balaban J connectivity index is 1.42. The van der Waals surface area contributed by atoms with Gasteiger partial charge in [0.2, 0.25) is 0 Å². The van der Waals surface area contributed by atoms with Crippen LogP contribution in [0.1, 0.15) is 6.42 Å². The fraction of sp³-hybridized carbons (Fsp3) is 0.263. The first kappa shape index (κ1) is 16.0. The van der Waals surface area contributed by atoms with Crippen molar-refractivity contribution in [1.29, 1.82) is 0 Å². The number of rotatable bonds is 3. The van der Waals surface area contributed by atoms with E-state index in [0.29, 0.717) is 23.6 Å². The molecule has 8 heteroatoms. The van der Waals surface area contributed by atoms with Crippen LogP contribution in [0, 0.1) is 0 Å². The molecule has 2 fully saturated rings. The van der Waals surface area contributed by atoms with Crippen molar-refractivity contribution in [2.45, 2.75) is 18.5 Å². The monoisotopic (exact) mass is 361 g/mol. The van der Waals surface area contributed by atoms with E-state index in [2.05, 4.69) is 47.9 Å². The molecular formula is C19H19N7O. The van der Waals surface area contributed by atoms with Gasteiger partial charge >= 0.3 is 6.03 Å². The van der Waals surface area contributed by atoms with Crippen LogP contribution < -0.4 is 20.9 Å². The van der Waals surface area contributed by atoms with E-state index in [1.54, 1.807) is 18.5 Å². The molecule has 0 radical (unpaired) electrons. The number of carbonyl (C=O) groups is 1. The van der Waals surface area contributed by atoms with Crippen LogP contribution in [0.5, 0.6) is 0 Å². The van der Waals surface area contributed by atoms with Crippen molar-refractivity contribution in [1.82, 2.24) is 20.3 Å². The predicted octanol–water partition coefficient (Wildman–Crippen LogP) is 2.22. The van der Waals surface area contributed by atoms with E-state index in [4.69, 9.17) is 0 Å². The summed E-state index contributed by atoms with van der Waals surface area (Å²) in [5.74, 6) is 0.398. The molecule has 4 heterocycles. The van der Waals surface area contributed by atoms with Crippen molar-refractivity contribution < 1.29 is 4.79 Å². The second kappa shape index (κ2) is 6.48. The van der Waals surface area contributed by atoms with Crippen LogP contribution in [-0.4, -0.2) is 46.2 Å². The molecule has 27 heavy (non-hydrogen) atoms. The van der Waals surface area contributed by atoms with Crippen LogP contribution in [0.15, 0.2) is 49.1 Å². The molecule has 8 nitrogen and oxygen atoms in total. The predicted molar refractivity (Wildman–Crippen MR) is 104 cm³/mol. The van der Waals surface area contributed by atoms with Crippen molar-refractivity contribution in [2.24, 2.45) is 0 Å². The Labute approximate surface area is 156 Å². The van der Waals surface area contributed by atoms with Gasteiger partial charge in [-0.05, 0) is 30.7 Å². The van der Waals surface area contributed by atoms with Crippen molar-refractivity contribution >= 4 is 34.1 Å². The summed E-state index contributed by atoms with van der Waals surface area (Å²) < 4.78 is 0. The molecule has 2 aliphatic rings. The summed E-state index contributed by atoms with van der Waals surface area (Å²) in [7, 11) is 0. The SMILES string of the molecule is O=C(Nc1cnccn1)Nc1ccnc2ccc(N3C[C@@H]4C[C@H]3CN4)cc12. The van der Waals surface area contributed by atoms with Gasteiger partial charge < -0.3 is 15.5 Å². The molecule has 2 amide bonds. The standard InChI is InChI=1S/C19H19N7O/c27-19(25-18-10-20-5-6-22-18)24-17-3-4-21-16-2-1-13(8-15(16)17)26-11-12-7-14(26)9-23-12/h1-6,8,10,12,14,23H,7,9,11H2,(H2,21,22,24,25,27)/t12-,14-/m0/s1. The molecule has 0 unspecified atom stereocenters. The number of nitrogens with one attached hydrogen (secondary N) is 3. The molecule has 136 valence electrons. The Morgan fingerprint density at radius 1 is 1.15 bits per heavy atom. The molecular weight excluding hydrogens is 342 g/mol. The number of pyridine rings is 1. The second-order valence-corrected chi connectivity index (χ2v) is 6.88. The molecule has 5 rings (SSSR count). The number of aromatic nitrogens is 3. The van der Waals surface area contributed by atoms with Gasteiger partial charge in [0.05, 0.1) is 17.4 Å². The van der Waals surface area contributed by atoms with E-state index in [1.807, 2.05) is 6.07 Å². The Bertz CT molecular complexity index is 994. The lowest BCUT2D eigenvalue weighted by Gasteiger charge is -2.29. The summed E-state index contributed by atoms with van der Waals surface area (Å²) in [6.45, 7) is 2.05. The average molecular weight is 361 g/mol. The van der Waals surface area contributed by atoms with Gasteiger partial charge in [-0.2, -0.15) is 0 Å². The average Bonchev–Trinajstić information content (AvgIpc) is 3.32. The molecule has 3 N–H and O–H groups in total. The number of piperazine rings is 1. The van der Waals surface area contributed by atoms with Crippen LogP contribution in [0.4, 0.5) is 22.0 Å². The third-order valence-corrected chi connectivity index (χ3v) is 5.17. The zero-order chi connectivity index (χ0) is 18.2. The van der Waals surface area contributed by atoms with Crippen molar-refractivity contribution in [2.75, 3.05) is 28.6 Å². The molecule has 2 atom stereocenters. The van der Waals surface area contributed by atoms with Gasteiger partial charge in [0, 0.05) is 54.8 Å². The lowest BCUT2D eigenvalue weighted by Crippen LogP contribution is -2.43. The van der Waals surface area contributed by atoms with E-state index in [-0.39, 0.29) is 6.03 Å². The van der Waals surface area contributed by atoms with Crippen molar-refractivity contribution in [3.8, 4) is 0 Å². The number of hydrogen-bond acceptors (Lipinski definition) is 6.